The predicted octanol–water partition coefficient (Wildman–Crippen LogP) is 5.97. The molecule has 6 nitrogen and oxygen atoms in total. The van der Waals surface area contributed by atoms with Crippen molar-refractivity contribution in [1.82, 2.24) is 14.7 Å². The maximum absolute atomic E-state index is 13.0. The minimum atomic E-state index is -0.228. The summed E-state index contributed by atoms with van der Waals surface area (Å²) in [5, 5.41) is 8.36. The van der Waals surface area contributed by atoms with E-state index in [1.54, 1.807) is 21.7 Å². The van der Waals surface area contributed by atoms with Gasteiger partial charge in [0.25, 0.3) is 0 Å². The van der Waals surface area contributed by atoms with Crippen molar-refractivity contribution >= 4 is 29.2 Å². The SMILES string of the molecule is CC(C)N(CC(=O)Nc1cc(C(C)(C)C)nn1-c1ccc(Cl)cc1)C(=O)CCC1CCCC1. The lowest BCUT2D eigenvalue weighted by Crippen LogP contribution is -2.42. The number of carbonyl (C=O) groups is 2. The van der Waals surface area contributed by atoms with Crippen LogP contribution < -0.4 is 5.32 Å². The summed E-state index contributed by atoms with van der Waals surface area (Å²) in [6, 6.07) is 9.18. The van der Waals surface area contributed by atoms with Crippen LogP contribution in [0.15, 0.2) is 30.3 Å². The molecule has 1 aromatic heterocycles. The Morgan fingerprint density at radius 2 is 1.82 bits per heavy atom. The lowest BCUT2D eigenvalue weighted by atomic mass is 9.92. The summed E-state index contributed by atoms with van der Waals surface area (Å²) >= 11 is 6.05. The van der Waals surface area contributed by atoms with Gasteiger partial charge in [0.2, 0.25) is 11.8 Å². The standard InChI is InChI=1S/C26H37ClN4O2/c1-18(2)30(25(33)15-10-19-8-6-7-9-19)17-24(32)28-23-16-22(26(3,4)5)29-31(23)21-13-11-20(27)12-14-21/h11-14,16,18-19H,6-10,15,17H2,1-5H3,(H,28,32). The van der Waals surface area contributed by atoms with Gasteiger partial charge in [-0.15, -0.1) is 0 Å². The molecule has 0 bridgehead atoms. The van der Waals surface area contributed by atoms with E-state index in [1.165, 1.54) is 25.7 Å². The maximum Gasteiger partial charge on any atom is 0.245 e. The summed E-state index contributed by atoms with van der Waals surface area (Å²) < 4.78 is 1.72. The molecule has 0 unspecified atom stereocenters. The van der Waals surface area contributed by atoms with Crippen molar-refractivity contribution in [1.29, 1.82) is 0 Å². The van der Waals surface area contributed by atoms with Crippen LogP contribution in [0.1, 0.15) is 78.8 Å². The van der Waals surface area contributed by atoms with Crippen molar-refractivity contribution < 1.29 is 9.59 Å². The van der Waals surface area contributed by atoms with Crippen LogP contribution >= 0.6 is 11.6 Å². The molecule has 0 aliphatic heterocycles. The molecule has 1 aromatic carbocycles. The van der Waals surface area contributed by atoms with Crippen molar-refractivity contribution in [3.63, 3.8) is 0 Å². The lowest BCUT2D eigenvalue weighted by molar-refractivity contribution is -0.136. The third-order valence-electron chi connectivity index (χ3n) is 6.32. The Hall–Kier alpha value is -2.34. The molecular weight excluding hydrogens is 436 g/mol. The van der Waals surface area contributed by atoms with E-state index in [0.717, 1.165) is 17.8 Å². The van der Waals surface area contributed by atoms with Crippen LogP contribution in [0.25, 0.3) is 5.69 Å². The van der Waals surface area contributed by atoms with E-state index < -0.39 is 0 Å². The highest BCUT2D eigenvalue weighted by Crippen LogP contribution is 2.29. The topological polar surface area (TPSA) is 67.2 Å². The second-order valence-corrected chi connectivity index (χ2v) is 10.8. The van der Waals surface area contributed by atoms with E-state index >= 15 is 0 Å². The highest BCUT2D eigenvalue weighted by atomic mass is 35.5. The maximum atomic E-state index is 13.0. The summed E-state index contributed by atoms with van der Waals surface area (Å²) in [5.74, 6) is 1.05. The Morgan fingerprint density at radius 1 is 1.18 bits per heavy atom. The van der Waals surface area contributed by atoms with Crippen molar-refractivity contribution in [2.75, 3.05) is 11.9 Å². The number of carbonyl (C=O) groups excluding carboxylic acids is 2. The minimum absolute atomic E-state index is 0.0256. The number of amides is 2. The van der Waals surface area contributed by atoms with Crippen LogP contribution in [-0.4, -0.2) is 39.1 Å². The van der Waals surface area contributed by atoms with Gasteiger partial charge >= 0.3 is 0 Å². The van der Waals surface area contributed by atoms with E-state index in [1.807, 2.05) is 32.0 Å². The van der Waals surface area contributed by atoms with Gasteiger partial charge in [-0.05, 0) is 50.5 Å². The Labute approximate surface area is 202 Å². The molecular formula is C26H37ClN4O2. The Morgan fingerprint density at radius 3 is 2.39 bits per heavy atom. The molecule has 2 aromatic rings. The first kappa shape index (κ1) is 25.3. The van der Waals surface area contributed by atoms with Gasteiger partial charge in [0.05, 0.1) is 11.4 Å². The molecule has 0 saturated heterocycles. The van der Waals surface area contributed by atoms with Gasteiger partial charge in [0, 0.05) is 29.0 Å². The first-order chi connectivity index (χ1) is 15.5. The number of nitrogens with one attached hydrogen (secondary N) is 1. The van der Waals surface area contributed by atoms with Crippen molar-refractivity contribution in [2.45, 2.75) is 84.6 Å². The molecule has 1 saturated carbocycles. The molecule has 1 heterocycles. The number of halogens is 1. The summed E-state index contributed by atoms with van der Waals surface area (Å²) in [6.45, 7) is 10.2. The van der Waals surface area contributed by atoms with Gasteiger partial charge in [0.1, 0.15) is 12.4 Å². The third-order valence-corrected chi connectivity index (χ3v) is 6.57. The number of rotatable bonds is 8. The quantitative estimate of drug-likeness (QED) is 0.514. The molecule has 0 spiro atoms. The summed E-state index contributed by atoms with van der Waals surface area (Å²) in [5.41, 5.74) is 1.48. The van der Waals surface area contributed by atoms with Crippen molar-refractivity contribution in [2.24, 2.45) is 5.92 Å². The number of nitrogens with zero attached hydrogens (tertiary/aromatic N) is 3. The molecule has 180 valence electrons. The molecule has 2 amide bonds. The number of anilines is 1. The fourth-order valence-electron chi connectivity index (χ4n) is 4.28. The van der Waals surface area contributed by atoms with E-state index in [0.29, 0.717) is 23.2 Å². The average Bonchev–Trinajstić information content (AvgIpc) is 3.40. The summed E-state index contributed by atoms with van der Waals surface area (Å²) in [4.78, 5) is 27.6. The van der Waals surface area contributed by atoms with Gasteiger partial charge in [-0.1, -0.05) is 58.1 Å². The number of hydrogen-bond donors (Lipinski definition) is 1. The van der Waals surface area contributed by atoms with Crippen molar-refractivity contribution in [3.8, 4) is 5.69 Å². The number of benzene rings is 1. The van der Waals surface area contributed by atoms with Gasteiger partial charge in [-0.25, -0.2) is 4.68 Å². The van der Waals surface area contributed by atoms with Crippen LogP contribution in [0.3, 0.4) is 0 Å². The van der Waals surface area contributed by atoms with E-state index in [-0.39, 0.29) is 29.8 Å². The predicted molar refractivity (Wildman–Crippen MR) is 134 cm³/mol. The molecule has 7 heteroatoms. The molecule has 33 heavy (non-hydrogen) atoms. The first-order valence-electron chi connectivity index (χ1n) is 12.0. The second kappa shape index (κ2) is 10.7. The molecule has 1 aliphatic rings. The Bertz CT molecular complexity index is 954. The molecule has 1 N–H and O–H groups in total. The van der Waals surface area contributed by atoms with Gasteiger partial charge < -0.3 is 10.2 Å². The average molecular weight is 473 g/mol. The zero-order valence-corrected chi connectivity index (χ0v) is 21.3. The van der Waals surface area contributed by atoms with Crippen LogP contribution in [-0.2, 0) is 15.0 Å². The molecule has 1 fully saturated rings. The van der Waals surface area contributed by atoms with Crippen LogP contribution in [0.2, 0.25) is 5.02 Å². The highest BCUT2D eigenvalue weighted by molar-refractivity contribution is 6.30. The van der Waals surface area contributed by atoms with Crippen LogP contribution in [0.4, 0.5) is 5.82 Å². The molecule has 0 radical (unpaired) electrons. The zero-order valence-electron chi connectivity index (χ0n) is 20.5. The molecule has 3 rings (SSSR count). The Kier molecular flexibility index (Phi) is 8.22. The largest absolute Gasteiger partial charge is 0.331 e. The lowest BCUT2D eigenvalue weighted by Gasteiger charge is -2.26. The molecule has 0 atom stereocenters. The highest BCUT2D eigenvalue weighted by Gasteiger charge is 2.25. The molecule has 1 aliphatic carbocycles. The third kappa shape index (κ3) is 6.83. The number of aromatic nitrogens is 2. The second-order valence-electron chi connectivity index (χ2n) is 10.4. The number of hydrogen-bond acceptors (Lipinski definition) is 3. The van der Waals surface area contributed by atoms with E-state index in [4.69, 9.17) is 16.7 Å². The van der Waals surface area contributed by atoms with E-state index in [9.17, 15) is 9.59 Å². The van der Waals surface area contributed by atoms with Crippen LogP contribution in [0, 0.1) is 5.92 Å². The van der Waals surface area contributed by atoms with Gasteiger partial charge in [-0.3, -0.25) is 9.59 Å². The zero-order chi connectivity index (χ0) is 24.2. The fourth-order valence-corrected chi connectivity index (χ4v) is 4.41. The smallest absolute Gasteiger partial charge is 0.245 e. The van der Waals surface area contributed by atoms with Crippen molar-refractivity contribution in [3.05, 3.63) is 41.0 Å². The summed E-state index contributed by atoms with van der Waals surface area (Å²) in [7, 11) is 0. The summed E-state index contributed by atoms with van der Waals surface area (Å²) in [6.07, 6.45) is 6.41. The van der Waals surface area contributed by atoms with Gasteiger partial charge in [0.15, 0.2) is 0 Å². The monoisotopic (exact) mass is 472 g/mol. The minimum Gasteiger partial charge on any atom is -0.331 e. The first-order valence-corrected chi connectivity index (χ1v) is 12.4. The fraction of sp³-hybridized carbons (Fsp3) is 0.577. The Balaban J connectivity index is 1.73. The van der Waals surface area contributed by atoms with Crippen LogP contribution in [0.5, 0.6) is 0 Å². The van der Waals surface area contributed by atoms with Gasteiger partial charge in [-0.2, -0.15) is 5.10 Å². The normalized spacial score (nSPS) is 14.6. The van der Waals surface area contributed by atoms with E-state index in [2.05, 4.69) is 26.1 Å².